The van der Waals surface area contributed by atoms with Gasteiger partial charge in [0.1, 0.15) is 0 Å². The maximum Gasteiger partial charge on any atom is 0.416 e. The molecule has 1 aromatic carbocycles. The van der Waals surface area contributed by atoms with Gasteiger partial charge in [0.25, 0.3) is 0 Å². The van der Waals surface area contributed by atoms with Crippen LogP contribution in [0, 0.1) is 0 Å². The third kappa shape index (κ3) is 4.62. The van der Waals surface area contributed by atoms with Gasteiger partial charge in [-0.3, -0.25) is 4.79 Å². The van der Waals surface area contributed by atoms with Crippen LogP contribution in [-0.4, -0.2) is 17.2 Å². The molecule has 0 bridgehead atoms. The van der Waals surface area contributed by atoms with Crippen molar-refractivity contribution in [3.8, 4) is 0 Å². The van der Waals surface area contributed by atoms with Gasteiger partial charge >= 0.3 is 18.3 Å². The van der Waals surface area contributed by atoms with Crippen LogP contribution in [0.1, 0.15) is 48.5 Å². The number of carboxylic acids is 1. The molecule has 0 unspecified atom stereocenters. The molecule has 0 amide bonds. The molecular weight excluding hydrogens is 342 g/mol. The lowest BCUT2D eigenvalue weighted by atomic mass is 9.99. The van der Waals surface area contributed by atoms with E-state index in [0.29, 0.717) is 18.6 Å². The zero-order valence-electron chi connectivity index (χ0n) is 12.2. The number of benzene rings is 1. The second-order valence-electron chi connectivity index (χ2n) is 5.60. The van der Waals surface area contributed by atoms with Gasteiger partial charge in [-0.2, -0.15) is 26.3 Å². The highest BCUT2D eigenvalue weighted by Crippen LogP contribution is 2.41. The van der Waals surface area contributed by atoms with E-state index in [1.807, 2.05) is 0 Å². The highest BCUT2D eigenvalue weighted by molar-refractivity contribution is 5.66. The predicted molar refractivity (Wildman–Crippen MR) is 70.2 cm³/mol. The molecule has 1 aromatic rings. The topological polar surface area (TPSA) is 46.5 Å². The number of rotatable bonds is 4. The first-order valence-electron chi connectivity index (χ1n) is 7.13. The van der Waals surface area contributed by atoms with Crippen LogP contribution in [0.2, 0.25) is 0 Å². The lowest BCUT2D eigenvalue weighted by Gasteiger charge is -2.18. The first kappa shape index (κ1) is 18.6. The average Bonchev–Trinajstić information content (AvgIpc) is 2.91. The van der Waals surface area contributed by atoms with Crippen LogP contribution in [0.25, 0.3) is 0 Å². The summed E-state index contributed by atoms with van der Waals surface area (Å²) in [6.07, 6.45) is -10.6. The van der Waals surface area contributed by atoms with Gasteiger partial charge in [-0.25, -0.2) is 0 Å². The van der Waals surface area contributed by atoms with Crippen molar-refractivity contribution in [2.45, 2.75) is 50.2 Å². The molecule has 0 saturated carbocycles. The minimum Gasteiger partial charge on any atom is -0.481 e. The number of hydrogen-bond donors (Lipinski definition) is 1. The van der Waals surface area contributed by atoms with Crippen LogP contribution >= 0.6 is 0 Å². The summed E-state index contributed by atoms with van der Waals surface area (Å²) in [7, 11) is 0. The summed E-state index contributed by atoms with van der Waals surface area (Å²) in [5.41, 5.74) is -2.97. The standard InChI is InChI=1S/C15H14F6O3/c16-14(17,18)9-5-8(6-10(7-9)15(19,20)21)12-3-1-11(24-12)2-4-13(22)23/h5-7,11-12H,1-4H2,(H,22,23)/t11-,12+/m1/s1. The molecule has 2 rings (SSSR count). The van der Waals surface area contributed by atoms with Crippen LogP contribution in [-0.2, 0) is 21.9 Å². The third-order valence-corrected chi connectivity index (χ3v) is 3.77. The molecule has 0 aromatic heterocycles. The lowest BCUT2D eigenvalue weighted by molar-refractivity contribution is -0.143. The van der Waals surface area contributed by atoms with Crippen molar-refractivity contribution in [2.75, 3.05) is 0 Å². The number of aliphatic carboxylic acids is 1. The number of carboxylic acid groups (broad SMARTS) is 1. The molecule has 3 nitrogen and oxygen atoms in total. The number of alkyl halides is 6. The van der Waals surface area contributed by atoms with E-state index >= 15 is 0 Å². The van der Waals surface area contributed by atoms with E-state index in [-0.39, 0.29) is 30.9 Å². The summed E-state index contributed by atoms with van der Waals surface area (Å²) >= 11 is 0. The first-order chi connectivity index (χ1) is 11.0. The van der Waals surface area contributed by atoms with Crippen LogP contribution in [0.4, 0.5) is 26.3 Å². The summed E-state index contributed by atoms with van der Waals surface area (Å²) in [5, 5.41) is 8.60. The van der Waals surface area contributed by atoms with Gasteiger partial charge in [-0.15, -0.1) is 0 Å². The molecule has 0 aliphatic carbocycles. The Morgan fingerprint density at radius 1 is 1.04 bits per heavy atom. The lowest BCUT2D eigenvalue weighted by Crippen LogP contribution is -2.14. The summed E-state index contributed by atoms with van der Waals surface area (Å²) in [5.74, 6) is -1.04. The van der Waals surface area contributed by atoms with E-state index < -0.39 is 41.7 Å². The van der Waals surface area contributed by atoms with Crippen molar-refractivity contribution >= 4 is 5.97 Å². The van der Waals surface area contributed by atoms with Crippen molar-refractivity contribution in [3.63, 3.8) is 0 Å². The van der Waals surface area contributed by atoms with E-state index in [1.165, 1.54) is 0 Å². The van der Waals surface area contributed by atoms with E-state index in [9.17, 15) is 31.1 Å². The Balaban J connectivity index is 2.25. The molecule has 1 aliphatic rings. The Bertz CT molecular complexity index is 576. The maximum atomic E-state index is 12.8. The molecule has 1 saturated heterocycles. The normalized spacial score (nSPS) is 21.9. The van der Waals surface area contributed by atoms with Crippen molar-refractivity contribution in [3.05, 3.63) is 34.9 Å². The fourth-order valence-corrected chi connectivity index (χ4v) is 2.61. The molecule has 24 heavy (non-hydrogen) atoms. The Morgan fingerprint density at radius 3 is 2.04 bits per heavy atom. The molecule has 134 valence electrons. The zero-order chi connectivity index (χ0) is 18.1. The molecule has 9 heteroatoms. The molecule has 1 aliphatic heterocycles. The number of hydrogen-bond acceptors (Lipinski definition) is 2. The predicted octanol–water partition coefficient (Wildman–Crippen LogP) is 4.81. The minimum absolute atomic E-state index is 0.0698. The van der Waals surface area contributed by atoms with Gasteiger partial charge in [0.2, 0.25) is 0 Å². The van der Waals surface area contributed by atoms with Gasteiger partial charge in [0.05, 0.1) is 23.3 Å². The van der Waals surface area contributed by atoms with Crippen LogP contribution in [0.3, 0.4) is 0 Å². The van der Waals surface area contributed by atoms with Crippen molar-refractivity contribution in [1.82, 2.24) is 0 Å². The molecule has 2 atom stereocenters. The van der Waals surface area contributed by atoms with Gasteiger partial charge < -0.3 is 9.84 Å². The Morgan fingerprint density at radius 2 is 1.58 bits per heavy atom. The SMILES string of the molecule is O=C(O)CC[C@H]1CC[C@@H](c2cc(C(F)(F)F)cc(C(F)(F)F)c2)O1. The van der Waals surface area contributed by atoms with E-state index in [4.69, 9.17) is 9.84 Å². The Hall–Kier alpha value is -1.77. The Kier molecular flexibility index (Phi) is 5.12. The number of carbonyl (C=O) groups is 1. The summed E-state index contributed by atoms with van der Waals surface area (Å²) in [4.78, 5) is 10.5. The first-order valence-corrected chi connectivity index (χ1v) is 7.13. The Labute approximate surface area is 133 Å². The second kappa shape index (κ2) is 6.62. The quantitative estimate of drug-likeness (QED) is 0.788. The van der Waals surface area contributed by atoms with Gasteiger partial charge in [-0.1, -0.05) is 0 Å². The fraction of sp³-hybridized carbons (Fsp3) is 0.533. The van der Waals surface area contributed by atoms with Crippen molar-refractivity contribution < 1.29 is 41.0 Å². The molecule has 0 radical (unpaired) electrons. The fourth-order valence-electron chi connectivity index (χ4n) is 2.61. The monoisotopic (exact) mass is 356 g/mol. The number of ether oxygens (including phenoxy) is 1. The number of halogens is 6. The highest BCUT2D eigenvalue weighted by atomic mass is 19.4. The third-order valence-electron chi connectivity index (χ3n) is 3.77. The molecule has 0 spiro atoms. The summed E-state index contributed by atoms with van der Waals surface area (Å²) in [6, 6.07) is 1.37. The van der Waals surface area contributed by atoms with Gasteiger partial charge in [0, 0.05) is 6.42 Å². The zero-order valence-corrected chi connectivity index (χ0v) is 12.2. The average molecular weight is 356 g/mol. The summed E-state index contributed by atoms with van der Waals surface area (Å²) in [6.45, 7) is 0. The minimum atomic E-state index is -4.91. The molecule has 1 N–H and O–H groups in total. The van der Waals surface area contributed by atoms with Crippen molar-refractivity contribution in [2.24, 2.45) is 0 Å². The van der Waals surface area contributed by atoms with Gasteiger partial charge in [0.15, 0.2) is 0 Å². The highest BCUT2D eigenvalue weighted by Gasteiger charge is 2.38. The molecule has 1 heterocycles. The molecular formula is C15H14F6O3. The van der Waals surface area contributed by atoms with Crippen LogP contribution < -0.4 is 0 Å². The second-order valence-corrected chi connectivity index (χ2v) is 5.60. The van der Waals surface area contributed by atoms with Gasteiger partial charge in [-0.05, 0) is 43.0 Å². The van der Waals surface area contributed by atoms with Crippen LogP contribution in [0.5, 0.6) is 0 Å². The van der Waals surface area contributed by atoms with Crippen LogP contribution in [0.15, 0.2) is 18.2 Å². The van der Waals surface area contributed by atoms with E-state index in [1.54, 1.807) is 0 Å². The smallest absolute Gasteiger partial charge is 0.416 e. The maximum absolute atomic E-state index is 12.8. The van der Waals surface area contributed by atoms with Crippen molar-refractivity contribution in [1.29, 1.82) is 0 Å². The molecule has 1 fully saturated rings. The van der Waals surface area contributed by atoms with E-state index in [2.05, 4.69) is 0 Å². The van der Waals surface area contributed by atoms with E-state index in [0.717, 1.165) is 0 Å². The summed E-state index contributed by atoms with van der Waals surface area (Å²) < 4.78 is 82.5. The largest absolute Gasteiger partial charge is 0.481 e.